The average molecular weight is 303 g/mol. The third kappa shape index (κ3) is 3.70. The van der Waals surface area contributed by atoms with E-state index in [2.05, 4.69) is 15.9 Å². The number of carbonyl (C=O) groups excluding carboxylic acids is 1. The number of rotatable bonds is 4. The third-order valence-electron chi connectivity index (χ3n) is 1.79. The highest BCUT2D eigenvalue weighted by Gasteiger charge is 2.07. The Morgan fingerprint density at radius 3 is 2.40 bits per heavy atom. The van der Waals surface area contributed by atoms with E-state index in [0.29, 0.717) is 5.56 Å². The fraction of sp³-hybridized carbons (Fsp3) is 0.182. The first-order valence-electron chi connectivity index (χ1n) is 4.27. The Bertz CT molecular complexity index is 382. The highest BCUT2D eigenvalue weighted by molar-refractivity contribution is 9.10. The second-order valence-corrected chi connectivity index (χ2v) is 5.52. The number of halogens is 1. The molecule has 0 N–H and O–H groups in total. The van der Waals surface area contributed by atoms with E-state index in [9.17, 15) is 4.79 Å². The summed E-state index contributed by atoms with van der Waals surface area (Å²) in [6.07, 6.45) is 5.61. The molecule has 0 saturated carbocycles. The normalized spacial score (nSPS) is 9.80. The summed E-state index contributed by atoms with van der Waals surface area (Å²) < 4.78 is 1.86. The molecule has 0 amide bonds. The lowest BCUT2D eigenvalue weighted by Gasteiger charge is -2.01. The van der Waals surface area contributed by atoms with Gasteiger partial charge in [0.25, 0.3) is 0 Å². The highest BCUT2D eigenvalue weighted by Crippen LogP contribution is 2.25. The van der Waals surface area contributed by atoms with Crippen LogP contribution in [0.4, 0.5) is 0 Å². The maximum atomic E-state index is 11.9. The Balaban J connectivity index is 2.95. The first-order chi connectivity index (χ1) is 7.19. The minimum Gasteiger partial charge on any atom is -0.289 e. The monoisotopic (exact) mass is 302 g/mol. The number of hydrogen-bond acceptors (Lipinski definition) is 3. The molecular formula is C11H11BrOS2. The van der Waals surface area contributed by atoms with E-state index in [1.165, 1.54) is 0 Å². The molecular weight excluding hydrogens is 292 g/mol. The molecule has 0 fully saturated rings. The first-order valence-corrected chi connectivity index (χ1v) is 7.52. The van der Waals surface area contributed by atoms with Crippen molar-refractivity contribution in [2.75, 3.05) is 12.5 Å². The van der Waals surface area contributed by atoms with Crippen molar-refractivity contribution in [3.8, 4) is 0 Å². The molecule has 0 aliphatic heterocycles. The van der Waals surface area contributed by atoms with Gasteiger partial charge in [0.05, 0.1) is 0 Å². The molecule has 0 atom stereocenters. The maximum absolute atomic E-state index is 11.9. The molecule has 0 unspecified atom stereocenters. The molecule has 0 saturated heterocycles. The standard InChI is InChI=1S/C11H11BrOS2/c1-14-11(15-2)7-10(13)8-5-3-4-6-9(8)12/h3-7H,1-2H3. The fourth-order valence-electron chi connectivity index (χ4n) is 1.05. The fourth-order valence-corrected chi connectivity index (χ4v) is 2.64. The van der Waals surface area contributed by atoms with Gasteiger partial charge in [-0.1, -0.05) is 28.1 Å². The third-order valence-corrected chi connectivity index (χ3v) is 4.52. The summed E-state index contributed by atoms with van der Waals surface area (Å²) in [5.41, 5.74) is 0.707. The Morgan fingerprint density at radius 2 is 1.87 bits per heavy atom. The highest BCUT2D eigenvalue weighted by atomic mass is 79.9. The molecule has 1 aromatic carbocycles. The largest absolute Gasteiger partial charge is 0.289 e. The lowest BCUT2D eigenvalue weighted by Crippen LogP contribution is -1.95. The van der Waals surface area contributed by atoms with Crippen LogP contribution in [0.1, 0.15) is 10.4 Å². The van der Waals surface area contributed by atoms with Crippen LogP contribution in [0.5, 0.6) is 0 Å². The van der Waals surface area contributed by atoms with Crippen molar-refractivity contribution >= 4 is 45.2 Å². The summed E-state index contributed by atoms with van der Waals surface area (Å²) in [5, 5.41) is 0. The molecule has 0 spiro atoms. The van der Waals surface area contributed by atoms with Gasteiger partial charge in [0.1, 0.15) is 0 Å². The first kappa shape index (κ1) is 12.9. The van der Waals surface area contributed by atoms with Gasteiger partial charge in [0.2, 0.25) is 0 Å². The summed E-state index contributed by atoms with van der Waals surface area (Å²) in [4.78, 5) is 11.9. The molecule has 1 rings (SSSR count). The summed E-state index contributed by atoms with van der Waals surface area (Å²) in [6.45, 7) is 0. The zero-order valence-electron chi connectivity index (χ0n) is 8.49. The number of allylic oxidation sites excluding steroid dienone is 1. The lowest BCUT2D eigenvalue weighted by molar-refractivity contribution is 0.104. The molecule has 0 aliphatic rings. The van der Waals surface area contributed by atoms with Gasteiger partial charge in [-0.3, -0.25) is 4.79 Å². The van der Waals surface area contributed by atoms with Crippen LogP contribution < -0.4 is 0 Å². The van der Waals surface area contributed by atoms with Crippen molar-refractivity contribution in [3.05, 3.63) is 44.6 Å². The summed E-state index contributed by atoms with van der Waals surface area (Å²) in [5.74, 6) is 0.0428. The second kappa shape index (κ2) is 6.40. The molecule has 0 bridgehead atoms. The predicted octanol–water partition coefficient (Wildman–Crippen LogP) is 4.20. The maximum Gasteiger partial charge on any atom is 0.188 e. The predicted molar refractivity (Wildman–Crippen MR) is 73.6 cm³/mol. The van der Waals surface area contributed by atoms with Crippen LogP contribution in [0.2, 0.25) is 0 Å². The number of hydrogen-bond donors (Lipinski definition) is 0. The Kier molecular flexibility index (Phi) is 5.50. The van der Waals surface area contributed by atoms with Crippen LogP contribution in [0.3, 0.4) is 0 Å². The molecule has 1 aromatic rings. The van der Waals surface area contributed by atoms with Gasteiger partial charge in [0, 0.05) is 20.3 Å². The Hall–Kier alpha value is -0.190. The number of benzene rings is 1. The number of ketones is 1. The summed E-state index contributed by atoms with van der Waals surface area (Å²) in [6, 6.07) is 7.46. The van der Waals surface area contributed by atoms with Gasteiger partial charge in [-0.05, 0) is 24.6 Å². The average Bonchev–Trinajstić information content (AvgIpc) is 2.26. The zero-order valence-corrected chi connectivity index (χ0v) is 11.7. The van der Waals surface area contributed by atoms with E-state index in [1.54, 1.807) is 29.6 Å². The number of carbonyl (C=O) groups is 1. The minimum atomic E-state index is 0.0428. The van der Waals surface area contributed by atoms with E-state index >= 15 is 0 Å². The van der Waals surface area contributed by atoms with E-state index in [1.807, 2.05) is 36.8 Å². The molecule has 0 aromatic heterocycles. The van der Waals surface area contributed by atoms with Gasteiger partial charge in [0.15, 0.2) is 5.78 Å². The lowest BCUT2D eigenvalue weighted by atomic mass is 10.1. The molecule has 80 valence electrons. The van der Waals surface area contributed by atoms with E-state index in [4.69, 9.17) is 0 Å². The van der Waals surface area contributed by atoms with Crippen molar-refractivity contribution in [2.45, 2.75) is 0 Å². The van der Waals surface area contributed by atoms with Gasteiger partial charge in [-0.25, -0.2) is 0 Å². The van der Waals surface area contributed by atoms with E-state index < -0.39 is 0 Å². The van der Waals surface area contributed by atoms with E-state index in [-0.39, 0.29) is 5.78 Å². The molecule has 0 aliphatic carbocycles. The van der Waals surface area contributed by atoms with Gasteiger partial charge in [-0.15, -0.1) is 23.5 Å². The molecule has 4 heteroatoms. The minimum absolute atomic E-state index is 0.0428. The SMILES string of the molecule is CSC(=CC(=O)c1ccccc1Br)SC. The van der Waals surface area contributed by atoms with Crippen molar-refractivity contribution in [3.63, 3.8) is 0 Å². The summed E-state index contributed by atoms with van der Waals surface area (Å²) in [7, 11) is 0. The van der Waals surface area contributed by atoms with Crippen LogP contribution >= 0.6 is 39.5 Å². The van der Waals surface area contributed by atoms with Crippen molar-refractivity contribution in [1.29, 1.82) is 0 Å². The number of thioether (sulfide) groups is 2. The molecule has 15 heavy (non-hydrogen) atoms. The van der Waals surface area contributed by atoms with Crippen molar-refractivity contribution < 1.29 is 4.79 Å². The van der Waals surface area contributed by atoms with Crippen LogP contribution in [-0.2, 0) is 0 Å². The molecule has 0 radical (unpaired) electrons. The summed E-state index contributed by atoms with van der Waals surface area (Å²) >= 11 is 6.54. The van der Waals surface area contributed by atoms with Crippen LogP contribution in [0.15, 0.2) is 39.1 Å². The van der Waals surface area contributed by atoms with Gasteiger partial charge >= 0.3 is 0 Å². The van der Waals surface area contributed by atoms with Crippen LogP contribution in [0.25, 0.3) is 0 Å². The van der Waals surface area contributed by atoms with Crippen LogP contribution in [0, 0.1) is 0 Å². The van der Waals surface area contributed by atoms with E-state index in [0.717, 1.165) is 8.71 Å². The second-order valence-electron chi connectivity index (χ2n) is 2.72. The molecule has 1 nitrogen and oxygen atoms in total. The Labute approximate surface area is 107 Å². The van der Waals surface area contributed by atoms with Crippen molar-refractivity contribution in [2.24, 2.45) is 0 Å². The zero-order chi connectivity index (χ0) is 11.3. The van der Waals surface area contributed by atoms with Gasteiger partial charge in [-0.2, -0.15) is 0 Å². The van der Waals surface area contributed by atoms with Gasteiger partial charge < -0.3 is 0 Å². The Morgan fingerprint density at radius 1 is 1.27 bits per heavy atom. The topological polar surface area (TPSA) is 17.1 Å². The van der Waals surface area contributed by atoms with Crippen LogP contribution in [-0.4, -0.2) is 18.3 Å². The smallest absolute Gasteiger partial charge is 0.188 e. The molecule has 0 heterocycles. The van der Waals surface area contributed by atoms with Crippen molar-refractivity contribution in [1.82, 2.24) is 0 Å². The quantitative estimate of drug-likeness (QED) is 0.613.